The summed E-state index contributed by atoms with van der Waals surface area (Å²) < 4.78 is 0. The highest BCUT2D eigenvalue weighted by atomic mass is 14.3. The summed E-state index contributed by atoms with van der Waals surface area (Å²) in [5.41, 5.74) is 10.0. The molecule has 0 heteroatoms. The fourth-order valence-corrected chi connectivity index (χ4v) is 9.66. The normalized spacial score (nSPS) is 12.1. The van der Waals surface area contributed by atoms with Gasteiger partial charge in [-0.25, -0.2) is 0 Å². The van der Waals surface area contributed by atoms with Gasteiger partial charge in [-0.15, -0.1) is 0 Å². The predicted molar refractivity (Wildman–Crippen MR) is 233 cm³/mol. The van der Waals surface area contributed by atoms with Crippen LogP contribution >= 0.6 is 0 Å². The second-order valence-electron chi connectivity index (χ2n) is 14.7. The van der Waals surface area contributed by atoms with Crippen LogP contribution in [0.5, 0.6) is 0 Å². The zero-order valence-electron chi connectivity index (χ0n) is 29.5. The van der Waals surface area contributed by atoms with Crippen molar-refractivity contribution < 1.29 is 0 Å². The SMILES string of the molecule is c1ccc(-c2ccc(-c3c4cc5c6ccccc6c6cccc(c4c(-c4ccc(-c7ccccc7)cc4)c4c7cccc8cccc(c34)c87)c65)cc2)cc1. The maximum absolute atomic E-state index is 2.53. The molecule has 0 aromatic heterocycles. The van der Waals surface area contributed by atoms with Crippen molar-refractivity contribution in [2.24, 2.45) is 0 Å². The minimum atomic E-state index is 1.23. The Morgan fingerprint density at radius 2 is 0.593 bits per heavy atom. The van der Waals surface area contributed by atoms with Gasteiger partial charge in [0.2, 0.25) is 0 Å². The Kier molecular flexibility index (Phi) is 6.15. The summed E-state index contributed by atoms with van der Waals surface area (Å²) in [6.45, 7) is 0. The minimum Gasteiger partial charge on any atom is -0.0622 e. The van der Waals surface area contributed by atoms with Gasteiger partial charge in [-0.3, -0.25) is 0 Å². The van der Waals surface area contributed by atoms with Crippen LogP contribution in [0, 0.1) is 0 Å². The van der Waals surface area contributed by atoms with Crippen molar-refractivity contribution in [2.75, 3.05) is 0 Å². The number of benzene rings is 10. The molecule has 248 valence electrons. The molecule has 12 rings (SSSR count). The molecule has 0 aliphatic carbocycles. The molecule has 12 aromatic carbocycles. The Hall–Kier alpha value is -7.02. The van der Waals surface area contributed by atoms with Gasteiger partial charge in [0.05, 0.1) is 0 Å². The predicted octanol–water partition coefficient (Wildman–Crippen LogP) is 15.3. The Balaban J connectivity index is 1.30. The fraction of sp³-hybridized carbons (Fsp3) is 0. The van der Waals surface area contributed by atoms with Crippen LogP contribution in [0.3, 0.4) is 0 Å². The van der Waals surface area contributed by atoms with E-state index in [4.69, 9.17) is 0 Å². The van der Waals surface area contributed by atoms with E-state index in [1.165, 1.54) is 120 Å². The van der Waals surface area contributed by atoms with Crippen LogP contribution in [-0.4, -0.2) is 0 Å². The first-order valence-corrected chi connectivity index (χ1v) is 18.9. The van der Waals surface area contributed by atoms with E-state index in [0.29, 0.717) is 0 Å². The van der Waals surface area contributed by atoms with E-state index in [9.17, 15) is 0 Å². The number of hydrogen-bond acceptors (Lipinski definition) is 0. The van der Waals surface area contributed by atoms with Crippen molar-refractivity contribution in [3.63, 3.8) is 0 Å². The molecular formula is C54H32. The van der Waals surface area contributed by atoms with Crippen LogP contribution in [0.1, 0.15) is 0 Å². The number of fused-ring (bicyclic) bond motifs is 8. The second kappa shape index (κ2) is 11.2. The summed E-state index contributed by atoms with van der Waals surface area (Å²) in [5, 5.41) is 18.5. The molecule has 0 atom stereocenters. The van der Waals surface area contributed by atoms with Gasteiger partial charge in [0.1, 0.15) is 0 Å². The van der Waals surface area contributed by atoms with Gasteiger partial charge in [0.25, 0.3) is 0 Å². The Labute approximate surface area is 312 Å². The van der Waals surface area contributed by atoms with Gasteiger partial charge >= 0.3 is 0 Å². The molecule has 0 saturated carbocycles. The van der Waals surface area contributed by atoms with Crippen molar-refractivity contribution in [1.29, 1.82) is 0 Å². The maximum atomic E-state index is 2.53. The highest BCUT2D eigenvalue weighted by molar-refractivity contribution is 6.44. The first kappa shape index (κ1) is 29.5. The minimum absolute atomic E-state index is 1.23. The third kappa shape index (κ3) is 4.08. The fourth-order valence-electron chi connectivity index (χ4n) is 9.66. The zero-order valence-corrected chi connectivity index (χ0v) is 29.5. The molecule has 0 saturated heterocycles. The Bertz CT molecular complexity index is 3370. The van der Waals surface area contributed by atoms with Gasteiger partial charge in [0.15, 0.2) is 0 Å². The van der Waals surface area contributed by atoms with Crippen LogP contribution in [0.25, 0.3) is 120 Å². The van der Waals surface area contributed by atoms with E-state index >= 15 is 0 Å². The first-order chi connectivity index (χ1) is 26.8. The van der Waals surface area contributed by atoms with E-state index in [-0.39, 0.29) is 0 Å². The zero-order chi connectivity index (χ0) is 35.3. The highest BCUT2D eigenvalue weighted by Crippen LogP contribution is 2.54. The molecule has 0 aliphatic heterocycles. The average Bonchev–Trinajstić information content (AvgIpc) is 3.75. The molecule has 0 bridgehead atoms. The molecule has 0 spiro atoms. The summed E-state index contributed by atoms with van der Waals surface area (Å²) in [7, 11) is 0. The van der Waals surface area contributed by atoms with E-state index in [2.05, 4.69) is 194 Å². The first-order valence-electron chi connectivity index (χ1n) is 18.9. The molecule has 0 nitrogen and oxygen atoms in total. The average molecular weight is 681 g/mol. The number of rotatable bonds is 4. The van der Waals surface area contributed by atoms with Crippen molar-refractivity contribution in [2.45, 2.75) is 0 Å². The summed E-state index contributed by atoms with van der Waals surface area (Å²) in [4.78, 5) is 0. The molecule has 0 amide bonds. The van der Waals surface area contributed by atoms with Gasteiger partial charge in [-0.2, -0.15) is 0 Å². The van der Waals surface area contributed by atoms with E-state index in [1.807, 2.05) is 0 Å². The molecule has 12 aromatic rings. The lowest BCUT2D eigenvalue weighted by atomic mass is 9.83. The van der Waals surface area contributed by atoms with Crippen LogP contribution in [0.15, 0.2) is 194 Å². The topological polar surface area (TPSA) is 0 Å². The second-order valence-corrected chi connectivity index (χ2v) is 14.7. The molecule has 0 fully saturated rings. The monoisotopic (exact) mass is 680 g/mol. The van der Waals surface area contributed by atoms with Crippen LogP contribution in [0.2, 0.25) is 0 Å². The lowest BCUT2D eigenvalue weighted by Gasteiger charge is -2.19. The van der Waals surface area contributed by atoms with Crippen LogP contribution < -0.4 is 0 Å². The molecule has 0 heterocycles. The van der Waals surface area contributed by atoms with Gasteiger partial charge in [-0.1, -0.05) is 188 Å². The third-order valence-corrected chi connectivity index (χ3v) is 11.9. The van der Waals surface area contributed by atoms with E-state index < -0.39 is 0 Å². The lowest BCUT2D eigenvalue weighted by Crippen LogP contribution is -1.92. The molecular weight excluding hydrogens is 649 g/mol. The quantitative estimate of drug-likeness (QED) is 0.162. The van der Waals surface area contributed by atoms with E-state index in [0.717, 1.165) is 0 Å². The van der Waals surface area contributed by atoms with Crippen molar-refractivity contribution in [3.05, 3.63) is 194 Å². The molecule has 0 aliphatic rings. The summed E-state index contributed by atoms with van der Waals surface area (Å²) >= 11 is 0. The molecule has 54 heavy (non-hydrogen) atoms. The molecule has 0 radical (unpaired) electrons. The van der Waals surface area contributed by atoms with Crippen LogP contribution in [-0.2, 0) is 0 Å². The van der Waals surface area contributed by atoms with Gasteiger partial charge < -0.3 is 0 Å². The maximum Gasteiger partial charge on any atom is -0.000719 e. The van der Waals surface area contributed by atoms with E-state index in [1.54, 1.807) is 0 Å². The lowest BCUT2D eigenvalue weighted by molar-refractivity contribution is 1.61. The summed E-state index contributed by atoms with van der Waals surface area (Å²) in [6.07, 6.45) is 0. The van der Waals surface area contributed by atoms with Crippen molar-refractivity contribution in [1.82, 2.24) is 0 Å². The van der Waals surface area contributed by atoms with Crippen molar-refractivity contribution >= 4 is 75.4 Å². The standard InChI is InChI=1S/C54H32/c1-3-12-33(13-4-1)35-24-28-38(29-25-35)49-47-32-46-41-19-8-7-18-40(41)42-20-11-23-45(51(42)46)52(47)50(39-30-26-36(27-31-39)34-14-5-2-6-15-34)54-44-22-10-17-37-16-9-21-43(48(37)44)53(49)54/h1-32H. The largest absolute Gasteiger partial charge is 0.0622 e. The van der Waals surface area contributed by atoms with Gasteiger partial charge in [0, 0.05) is 0 Å². The number of hydrogen-bond donors (Lipinski definition) is 0. The van der Waals surface area contributed by atoms with Gasteiger partial charge in [-0.05, 0) is 126 Å². The molecule has 0 N–H and O–H groups in total. The summed E-state index contributed by atoms with van der Waals surface area (Å²) in [5.74, 6) is 0. The molecule has 0 unspecified atom stereocenters. The Morgan fingerprint density at radius 1 is 0.185 bits per heavy atom. The van der Waals surface area contributed by atoms with Crippen molar-refractivity contribution in [3.8, 4) is 44.5 Å². The third-order valence-electron chi connectivity index (χ3n) is 11.9. The van der Waals surface area contributed by atoms with Crippen LogP contribution in [0.4, 0.5) is 0 Å². The Morgan fingerprint density at radius 3 is 1.19 bits per heavy atom. The highest BCUT2D eigenvalue weighted by Gasteiger charge is 2.26. The summed E-state index contributed by atoms with van der Waals surface area (Å²) in [6, 6.07) is 72.2. The smallest absolute Gasteiger partial charge is 0.000719 e.